The summed E-state index contributed by atoms with van der Waals surface area (Å²) in [6.07, 6.45) is 0. The molecule has 0 unspecified atom stereocenters. The first-order valence-electron chi connectivity index (χ1n) is 8.67. The fraction of sp³-hybridized carbons (Fsp3) is 0.300. The second-order valence-electron chi connectivity index (χ2n) is 6.13. The number of nitrogens with one attached hydrogen (secondary N) is 1. The Morgan fingerprint density at radius 3 is 2.68 bits per heavy atom. The number of primary amides is 1. The van der Waals surface area contributed by atoms with E-state index < -0.39 is 11.7 Å². The number of carbonyl (C=O) groups excluding carboxylic acids is 1. The smallest absolute Gasteiger partial charge is 0.255 e. The highest BCUT2D eigenvalue weighted by Crippen LogP contribution is 2.18. The van der Waals surface area contributed by atoms with Gasteiger partial charge in [0.1, 0.15) is 5.75 Å². The van der Waals surface area contributed by atoms with E-state index in [1.807, 2.05) is 36.2 Å². The number of ether oxygens (including phenoxy) is 2. The lowest BCUT2D eigenvalue weighted by Gasteiger charge is -2.22. The summed E-state index contributed by atoms with van der Waals surface area (Å²) in [7, 11) is 4.98. The number of hydrogen-bond acceptors (Lipinski definition) is 4. The van der Waals surface area contributed by atoms with Crippen molar-refractivity contribution < 1.29 is 18.7 Å². The van der Waals surface area contributed by atoms with Crippen LogP contribution in [0.3, 0.4) is 0 Å². The van der Waals surface area contributed by atoms with Gasteiger partial charge in [0.15, 0.2) is 24.1 Å². The van der Waals surface area contributed by atoms with Gasteiger partial charge in [0.25, 0.3) is 5.91 Å². The van der Waals surface area contributed by atoms with Crippen LogP contribution < -0.4 is 20.5 Å². The lowest BCUT2D eigenvalue weighted by Crippen LogP contribution is -2.38. The molecule has 0 fully saturated rings. The van der Waals surface area contributed by atoms with Gasteiger partial charge in [-0.15, -0.1) is 0 Å². The molecule has 2 rings (SSSR count). The zero-order valence-electron chi connectivity index (χ0n) is 16.2. The van der Waals surface area contributed by atoms with Crippen LogP contribution in [0.5, 0.6) is 11.5 Å². The number of halogens is 1. The predicted octanol–water partition coefficient (Wildman–Crippen LogP) is 1.91. The minimum atomic E-state index is -0.527. The molecule has 0 heterocycles. The summed E-state index contributed by atoms with van der Waals surface area (Å²) in [6.45, 7) is 0.809. The van der Waals surface area contributed by atoms with E-state index in [1.165, 1.54) is 13.2 Å². The summed E-state index contributed by atoms with van der Waals surface area (Å²) in [4.78, 5) is 17.0. The van der Waals surface area contributed by atoms with Crippen molar-refractivity contribution in [3.05, 3.63) is 59.4 Å². The number of carbonyl (C=O) groups is 1. The van der Waals surface area contributed by atoms with Gasteiger partial charge < -0.3 is 25.4 Å². The normalized spacial score (nSPS) is 11.1. The first-order valence-corrected chi connectivity index (χ1v) is 8.67. The highest BCUT2D eigenvalue weighted by molar-refractivity contribution is 5.79. The van der Waals surface area contributed by atoms with E-state index >= 15 is 0 Å². The van der Waals surface area contributed by atoms with Crippen LogP contribution in [0.4, 0.5) is 4.39 Å². The SMILES string of the molecule is CN=C(NCc1cccc(OCC(N)=O)c1)N(C)Cc1ccc(OC)c(F)c1. The van der Waals surface area contributed by atoms with E-state index in [0.29, 0.717) is 24.8 Å². The molecular weight excluding hydrogens is 363 g/mol. The monoisotopic (exact) mass is 388 g/mol. The molecule has 0 aliphatic heterocycles. The highest BCUT2D eigenvalue weighted by Gasteiger charge is 2.10. The Kier molecular flexibility index (Phi) is 7.62. The Morgan fingerprint density at radius 1 is 1.25 bits per heavy atom. The largest absolute Gasteiger partial charge is 0.494 e. The Hall–Kier alpha value is -3.29. The molecule has 1 amide bonds. The summed E-state index contributed by atoms with van der Waals surface area (Å²) < 4.78 is 24.1. The number of nitrogens with zero attached hydrogens (tertiary/aromatic N) is 2. The van der Waals surface area contributed by atoms with Crippen LogP contribution in [0.2, 0.25) is 0 Å². The van der Waals surface area contributed by atoms with Crippen molar-refractivity contribution in [1.82, 2.24) is 10.2 Å². The maximum Gasteiger partial charge on any atom is 0.255 e. The van der Waals surface area contributed by atoms with Crippen molar-refractivity contribution in [3.8, 4) is 11.5 Å². The number of benzene rings is 2. The molecule has 0 aliphatic carbocycles. The molecule has 0 saturated heterocycles. The van der Waals surface area contributed by atoms with E-state index in [0.717, 1.165) is 11.1 Å². The van der Waals surface area contributed by atoms with E-state index in [2.05, 4.69) is 10.3 Å². The van der Waals surface area contributed by atoms with Crippen LogP contribution in [0, 0.1) is 5.82 Å². The molecule has 0 saturated carbocycles. The van der Waals surface area contributed by atoms with Gasteiger partial charge in [-0.25, -0.2) is 4.39 Å². The van der Waals surface area contributed by atoms with Crippen molar-refractivity contribution in [2.45, 2.75) is 13.1 Å². The molecular formula is C20H25FN4O3. The fourth-order valence-corrected chi connectivity index (χ4v) is 2.62. The van der Waals surface area contributed by atoms with Crippen molar-refractivity contribution >= 4 is 11.9 Å². The third kappa shape index (κ3) is 6.15. The zero-order chi connectivity index (χ0) is 20.5. The van der Waals surface area contributed by atoms with Crippen LogP contribution in [-0.2, 0) is 17.9 Å². The molecule has 2 aromatic rings. The fourth-order valence-electron chi connectivity index (χ4n) is 2.62. The number of methoxy groups -OCH3 is 1. The van der Waals surface area contributed by atoms with E-state index in [9.17, 15) is 9.18 Å². The van der Waals surface area contributed by atoms with Crippen molar-refractivity contribution in [2.24, 2.45) is 10.7 Å². The van der Waals surface area contributed by atoms with Crippen molar-refractivity contribution in [2.75, 3.05) is 27.8 Å². The average Bonchev–Trinajstić information content (AvgIpc) is 2.67. The van der Waals surface area contributed by atoms with E-state index in [1.54, 1.807) is 19.2 Å². The molecule has 0 aromatic heterocycles. The minimum Gasteiger partial charge on any atom is -0.494 e. The number of nitrogens with two attached hydrogens (primary N) is 1. The average molecular weight is 388 g/mol. The van der Waals surface area contributed by atoms with E-state index in [4.69, 9.17) is 15.2 Å². The molecule has 0 bridgehead atoms. The van der Waals surface area contributed by atoms with Crippen LogP contribution in [-0.4, -0.2) is 44.6 Å². The zero-order valence-corrected chi connectivity index (χ0v) is 16.2. The number of guanidine groups is 1. The number of rotatable bonds is 8. The molecule has 0 atom stereocenters. The molecule has 8 heteroatoms. The third-order valence-corrected chi connectivity index (χ3v) is 3.94. The number of amides is 1. The second-order valence-corrected chi connectivity index (χ2v) is 6.13. The Bertz CT molecular complexity index is 842. The molecule has 0 aliphatic rings. The van der Waals surface area contributed by atoms with Gasteiger partial charge in [0.05, 0.1) is 7.11 Å². The number of hydrogen-bond donors (Lipinski definition) is 2. The van der Waals surface area contributed by atoms with Gasteiger partial charge in [0, 0.05) is 27.2 Å². The van der Waals surface area contributed by atoms with Gasteiger partial charge in [-0.3, -0.25) is 9.79 Å². The van der Waals surface area contributed by atoms with Gasteiger partial charge in [-0.1, -0.05) is 18.2 Å². The minimum absolute atomic E-state index is 0.167. The summed E-state index contributed by atoms with van der Waals surface area (Å²) in [5.74, 6) is 0.506. The van der Waals surface area contributed by atoms with Gasteiger partial charge in [-0.2, -0.15) is 0 Å². The third-order valence-electron chi connectivity index (χ3n) is 3.94. The lowest BCUT2D eigenvalue weighted by atomic mass is 10.2. The van der Waals surface area contributed by atoms with Crippen molar-refractivity contribution in [3.63, 3.8) is 0 Å². The van der Waals surface area contributed by atoms with Crippen LogP contribution in [0.1, 0.15) is 11.1 Å². The molecule has 28 heavy (non-hydrogen) atoms. The first kappa shape index (κ1) is 21.0. The first-order chi connectivity index (χ1) is 13.4. The van der Waals surface area contributed by atoms with Crippen molar-refractivity contribution in [1.29, 1.82) is 0 Å². The molecule has 0 spiro atoms. The molecule has 2 aromatic carbocycles. The lowest BCUT2D eigenvalue weighted by molar-refractivity contribution is -0.119. The summed E-state index contributed by atoms with van der Waals surface area (Å²) in [5, 5.41) is 3.25. The maximum absolute atomic E-state index is 13.9. The number of aliphatic imine (C=N–C) groups is 1. The standard InChI is InChI=1S/C20H25FN4O3/c1-23-20(25(2)12-15-7-8-18(27-3)17(21)10-15)24-11-14-5-4-6-16(9-14)28-13-19(22)26/h4-10H,11-13H2,1-3H3,(H2,22,26)(H,23,24). The predicted molar refractivity (Wildman–Crippen MR) is 106 cm³/mol. The van der Waals surface area contributed by atoms with Crippen LogP contribution in [0.25, 0.3) is 0 Å². The highest BCUT2D eigenvalue weighted by atomic mass is 19.1. The summed E-state index contributed by atoms with van der Waals surface area (Å²) >= 11 is 0. The second kappa shape index (κ2) is 10.1. The summed E-state index contributed by atoms with van der Waals surface area (Å²) in [6, 6.07) is 12.2. The van der Waals surface area contributed by atoms with Crippen LogP contribution >= 0.6 is 0 Å². The molecule has 150 valence electrons. The maximum atomic E-state index is 13.9. The Labute approximate surface area is 164 Å². The van der Waals surface area contributed by atoms with Gasteiger partial charge in [-0.05, 0) is 35.4 Å². The summed E-state index contributed by atoms with van der Waals surface area (Å²) in [5.41, 5.74) is 6.84. The Balaban J connectivity index is 1.95. The topological polar surface area (TPSA) is 89.2 Å². The van der Waals surface area contributed by atoms with E-state index in [-0.39, 0.29) is 12.4 Å². The van der Waals surface area contributed by atoms with Gasteiger partial charge in [0.2, 0.25) is 0 Å². The molecule has 3 N–H and O–H groups in total. The quantitative estimate of drug-likeness (QED) is 0.533. The van der Waals surface area contributed by atoms with Gasteiger partial charge >= 0.3 is 0 Å². The van der Waals surface area contributed by atoms with Crippen LogP contribution in [0.15, 0.2) is 47.5 Å². The molecule has 0 radical (unpaired) electrons. The molecule has 7 nitrogen and oxygen atoms in total. The Morgan fingerprint density at radius 2 is 2.04 bits per heavy atom.